The highest BCUT2D eigenvalue weighted by molar-refractivity contribution is 6.34. The number of rotatable bonds is 8. The van der Waals surface area contributed by atoms with Crippen LogP contribution in [-0.4, -0.2) is 34.1 Å². The second-order valence-electron chi connectivity index (χ2n) is 2.99. The van der Waals surface area contributed by atoms with Gasteiger partial charge in [0.2, 0.25) is 0 Å². The fourth-order valence-electron chi connectivity index (χ4n) is 0.797. The first-order valence-electron chi connectivity index (χ1n) is 4.46. The maximum atomic E-state index is 12.3. The zero-order chi connectivity index (χ0) is 12.7. The number of hydrogen-bond donors (Lipinski definition) is 0. The fourth-order valence-corrected chi connectivity index (χ4v) is 1.85. The monoisotopic (exact) mass is 333 g/mol. The van der Waals surface area contributed by atoms with Gasteiger partial charge in [-0.05, 0) is 12.8 Å². The molecule has 0 aliphatic heterocycles. The third-order valence-corrected chi connectivity index (χ3v) is 3.75. The average Bonchev–Trinajstić information content (AvgIpc) is 2.24. The van der Waals surface area contributed by atoms with Crippen molar-refractivity contribution in [3.8, 4) is 0 Å². The first kappa shape index (κ1) is 17.3. The van der Waals surface area contributed by atoms with Crippen LogP contribution in [-0.2, 0) is 9.84 Å². The Balaban J connectivity index is 3.89. The zero-order valence-corrected chi connectivity index (χ0v) is 11.9. The lowest BCUT2D eigenvalue weighted by atomic mass is 10.3. The van der Waals surface area contributed by atoms with Crippen LogP contribution in [0.3, 0.4) is 0 Å². The van der Waals surface area contributed by atoms with Crippen molar-refractivity contribution in [2.45, 2.75) is 40.4 Å². The maximum Gasteiger partial charge on any atom is 0.173 e. The summed E-state index contributed by atoms with van der Waals surface area (Å²) in [6.45, 7) is -0.580. The molecule has 0 saturated carbocycles. The Morgan fingerprint density at radius 2 is 1.62 bits per heavy atom. The quantitative estimate of drug-likeness (QED) is 0.614. The molecular weight excluding hydrogens is 324 g/mol. The highest BCUT2D eigenvalue weighted by atomic mass is 35.5. The van der Waals surface area contributed by atoms with E-state index in [1.807, 2.05) is 0 Å². The lowest BCUT2D eigenvalue weighted by molar-refractivity contribution is 0.0648. The minimum atomic E-state index is -1.48. The molecule has 5 atom stereocenters. The van der Waals surface area contributed by atoms with Gasteiger partial charge in [0.15, 0.2) is 11.2 Å². The molecule has 0 bridgehead atoms. The van der Waals surface area contributed by atoms with Crippen molar-refractivity contribution in [2.75, 3.05) is 6.61 Å². The highest BCUT2D eigenvalue weighted by Crippen LogP contribution is 2.23. The van der Waals surface area contributed by atoms with Gasteiger partial charge in [0.25, 0.3) is 0 Å². The maximum absolute atomic E-state index is 12.3. The van der Waals surface area contributed by atoms with E-state index in [0.717, 1.165) is 0 Å². The third-order valence-electron chi connectivity index (χ3n) is 1.64. The molecule has 0 amide bonds. The molecule has 0 aromatic carbocycles. The Hall–Kier alpha value is 1.30. The summed E-state index contributed by atoms with van der Waals surface area (Å²) in [5.74, 6) is 0. The van der Waals surface area contributed by atoms with Crippen molar-refractivity contribution in [3.63, 3.8) is 0 Å². The molecule has 0 fully saturated rings. The predicted octanol–water partition coefficient (Wildman–Crippen LogP) is 4.09. The van der Waals surface area contributed by atoms with Crippen molar-refractivity contribution in [1.82, 2.24) is 0 Å². The van der Waals surface area contributed by atoms with Gasteiger partial charge >= 0.3 is 0 Å². The van der Waals surface area contributed by atoms with Gasteiger partial charge in [-0.1, -0.05) is 34.8 Å². The summed E-state index contributed by atoms with van der Waals surface area (Å²) in [6, 6.07) is 0. The molecule has 0 aromatic rings. The molecule has 0 spiro atoms. The zero-order valence-electron chi connectivity index (χ0n) is 8.09. The van der Waals surface area contributed by atoms with Crippen molar-refractivity contribution >= 4 is 58.0 Å². The predicted molar refractivity (Wildman–Crippen MR) is 65.2 cm³/mol. The summed E-state index contributed by atoms with van der Waals surface area (Å²) in [5.41, 5.74) is -3.31. The molecule has 16 heavy (non-hydrogen) atoms. The van der Waals surface area contributed by atoms with E-state index in [1.165, 1.54) is 0 Å². The molecule has 0 aromatic heterocycles. The first-order valence-corrected chi connectivity index (χ1v) is 6.64. The summed E-state index contributed by atoms with van der Waals surface area (Å²) in [7, 11) is 0. The Morgan fingerprint density at radius 3 is 2.06 bits per heavy atom. The van der Waals surface area contributed by atoms with Crippen LogP contribution in [0.5, 0.6) is 0 Å². The smallest absolute Gasteiger partial charge is 0.173 e. The topological polar surface area (TPSA) is 29.1 Å². The Kier molecular flexibility index (Phi) is 10.0. The first-order chi connectivity index (χ1) is 7.38. The van der Waals surface area contributed by atoms with Crippen LogP contribution in [0.15, 0.2) is 0 Å². The number of hydrogen-bond acceptors (Lipinski definition) is 1. The van der Waals surface area contributed by atoms with Crippen LogP contribution < -0.4 is 0 Å². The number of halogens is 6. The summed E-state index contributed by atoms with van der Waals surface area (Å²) < 4.78 is 17.3. The molecule has 97 valence electrons. The minimum absolute atomic E-state index is 0.0398. The molecule has 0 rings (SSSR count). The van der Waals surface area contributed by atoms with E-state index in [2.05, 4.69) is 0 Å². The Bertz CT molecular complexity index is 186. The van der Waals surface area contributed by atoms with Crippen molar-refractivity contribution in [3.05, 3.63) is 0 Å². The second-order valence-corrected chi connectivity index (χ2v) is 5.45. The fraction of sp³-hybridized carbons (Fsp3) is 1.00. The van der Waals surface area contributed by atoms with Crippen LogP contribution >= 0.6 is 58.0 Å². The van der Waals surface area contributed by atoms with Gasteiger partial charge in [0.05, 0.1) is 10.8 Å². The average molecular weight is 335 g/mol. The summed E-state index contributed by atoms with van der Waals surface area (Å²) >= 11 is 27.8. The molecular formula is C8H11Cl5FO2. The van der Waals surface area contributed by atoms with Crippen LogP contribution in [0.4, 0.5) is 4.39 Å². The van der Waals surface area contributed by atoms with E-state index in [-0.39, 0.29) is 12.8 Å². The van der Waals surface area contributed by atoms with Crippen LogP contribution in [0.1, 0.15) is 12.8 Å². The Labute approximate surface area is 119 Å². The lowest BCUT2D eigenvalue weighted by Gasteiger charge is -2.22. The van der Waals surface area contributed by atoms with Gasteiger partial charge in [-0.25, -0.2) is 9.50 Å². The van der Waals surface area contributed by atoms with E-state index >= 15 is 0 Å². The largest absolute Gasteiger partial charge is 0.342 e. The van der Waals surface area contributed by atoms with Gasteiger partial charge in [0, 0.05) is 0 Å². The van der Waals surface area contributed by atoms with Gasteiger partial charge in [-0.3, -0.25) is 0 Å². The summed E-state index contributed by atoms with van der Waals surface area (Å²) in [6.07, 6.45) is 0.224. The molecule has 1 radical (unpaired) electrons. The van der Waals surface area contributed by atoms with Crippen molar-refractivity contribution < 1.29 is 14.2 Å². The molecule has 0 heterocycles. The van der Waals surface area contributed by atoms with Crippen LogP contribution in [0, 0.1) is 0 Å². The summed E-state index contributed by atoms with van der Waals surface area (Å²) in [4.78, 5) is 0. The SMILES string of the molecule is [O]CC(Cl)C(Cl)C(Cl)OC(Cl)CCC(F)Cl. The summed E-state index contributed by atoms with van der Waals surface area (Å²) in [5, 5.41) is 8.73. The van der Waals surface area contributed by atoms with E-state index in [1.54, 1.807) is 0 Å². The van der Waals surface area contributed by atoms with Gasteiger partial charge in [-0.15, -0.1) is 23.2 Å². The normalized spacial score (nSPS) is 21.2. The van der Waals surface area contributed by atoms with Gasteiger partial charge in [-0.2, -0.15) is 0 Å². The second kappa shape index (κ2) is 9.26. The van der Waals surface area contributed by atoms with E-state index in [4.69, 9.17) is 62.7 Å². The van der Waals surface area contributed by atoms with E-state index < -0.39 is 34.1 Å². The van der Waals surface area contributed by atoms with Crippen LogP contribution in [0.25, 0.3) is 0 Å². The van der Waals surface area contributed by atoms with Crippen LogP contribution in [0.2, 0.25) is 0 Å². The molecule has 5 unspecified atom stereocenters. The number of ether oxygens (including phenoxy) is 1. The molecule has 8 heteroatoms. The standard InChI is InChI=1S/C8H11Cl5FO2/c9-4(3-15)7(12)8(13)16-6(11)2-1-5(10)14/h4-8H,1-3H2. The van der Waals surface area contributed by atoms with E-state index in [9.17, 15) is 9.50 Å². The molecule has 0 N–H and O–H groups in total. The van der Waals surface area contributed by atoms with Crippen molar-refractivity contribution in [1.29, 1.82) is 0 Å². The van der Waals surface area contributed by atoms with Gasteiger partial charge in [0.1, 0.15) is 12.2 Å². The number of alkyl halides is 6. The Morgan fingerprint density at radius 1 is 1.06 bits per heavy atom. The van der Waals surface area contributed by atoms with Gasteiger partial charge < -0.3 is 4.74 Å². The third kappa shape index (κ3) is 7.59. The lowest BCUT2D eigenvalue weighted by Crippen LogP contribution is -2.31. The minimum Gasteiger partial charge on any atom is -0.342 e. The molecule has 2 nitrogen and oxygen atoms in total. The molecule has 0 aliphatic carbocycles. The van der Waals surface area contributed by atoms with E-state index in [0.29, 0.717) is 0 Å². The molecule has 0 aliphatic rings. The molecule has 0 saturated heterocycles. The van der Waals surface area contributed by atoms with Crippen molar-refractivity contribution in [2.24, 2.45) is 0 Å². The highest BCUT2D eigenvalue weighted by Gasteiger charge is 2.27.